The Bertz CT molecular complexity index is 1480. The minimum absolute atomic E-state index is 0.0388. The molecule has 1 aliphatic rings. The molecule has 5 rings (SSSR count). The van der Waals surface area contributed by atoms with E-state index in [4.69, 9.17) is 15.0 Å². The molecular formula is C30H40N8O2S. The largest absolute Gasteiger partial charge is 0.444 e. The molecule has 0 spiro atoms. The van der Waals surface area contributed by atoms with Crippen LogP contribution in [0.3, 0.4) is 0 Å². The van der Waals surface area contributed by atoms with Crippen LogP contribution in [-0.2, 0) is 4.74 Å². The molecule has 0 radical (unpaired) electrons. The van der Waals surface area contributed by atoms with Gasteiger partial charge in [0.1, 0.15) is 28.2 Å². The van der Waals surface area contributed by atoms with Gasteiger partial charge in [-0.15, -0.1) is 0 Å². The first kappa shape index (κ1) is 31.5. The number of anilines is 2. The third-order valence-corrected chi connectivity index (χ3v) is 6.85. The lowest BCUT2D eigenvalue weighted by Gasteiger charge is -2.34. The molecule has 41 heavy (non-hydrogen) atoms. The van der Waals surface area contributed by atoms with Crippen molar-refractivity contribution >= 4 is 34.1 Å². The summed E-state index contributed by atoms with van der Waals surface area (Å²) in [7, 11) is 0. The summed E-state index contributed by atoms with van der Waals surface area (Å²) >= 11 is 1.38. The highest BCUT2D eigenvalue weighted by molar-refractivity contribution is 7.10. The molecule has 1 atom stereocenters. The van der Waals surface area contributed by atoms with Gasteiger partial charge in [0, 0.05) is 42.4 Å². The fourth-order valence-electron chi connectivity index (χ4n) is 4.36. The van der Waals surface area contributed by atoms with Crippen molar-refractivity contribution in [2.45, 2.75) is 79.8 Å². The fraction of sp³-hybridized carbons (Fsp3) is 0.467. The molecular weight excluding hydrogens is 536 g/mol. The van der Waals surface area contributed by atoms with E-state index in [1.807, 2.05) is 79.7 Å². The zero-order chi connectivity index (χ0) is 30.2. The molecule has 0 aromatic carbocycles. The lowest BCUT2D eigenvalue weighted by molar-refractivity contribution is 0.0197. The van der Waals surface area contributed by atoms with E-state index in [1.165, 1.54) is 11.5 Å². The zero-order valence-electron chi connectivity index (χ0n) is 25.2. The summed E-state index contributed by atoms with van der Waals surface area (Å²) in [5.74, 6) is 0.794. The number of nitrogens with zero attached hydrogens (tertiary/aromatic N) is 7. The number of likely N-dealkylation sites (tertiary alicyclic amines) is 1. The lowest BCUT2D eigenvalue weighted by atomic mass is 9.94. The number of nitrogens with one attached hydrogen (secondary N) is 1. The SMILES string of the molecule is CC.CC.Cc1cc(Nc2cc(C3CCCN(C(=O)OC(C)(C)C)C3)nc3c(-c4ccc(C#N)nc4)cnn23)sn1. The number of fused-ring (bicyclic) bond motifs is 1. The molecule has 0 aliphatic carbocycles. The number of ether oxygens (including phenoxy) is 1. The van der Waals surface area contributed by atoms with Gasteiger partial charge in [-0.1, -0.05) is 27.7 Å². The zero-order valence-corrected chi connectivity index (χ0v) is 26.0. The highest BCUT2D eigenvalue weighted by Crippen LogP contribution is 2.33. The van der Waals surface area contributed by atoms with Crippen molar-refractivity contribution < 1.29 is 9.53 Å². The van der Waals surface area contributed by atoms with Crippen LogP contribution in [0.1, 0.15) is 84.3 Å². The minimum Gasteiger partial charge on any atom is -0.444 e. The van der Waals surface area contributed by atoms with Crippen molar-refractivity contribution in [2.24, 2.45) is 0 Å². The Kier molecular flexibility index (Phi) is 10.8. The van der Waals surface area contributed by atoms with Gasteiger partial charge in [0.2, 0.25) is 0 Å². The van der Waals surface area contributed by atoms with Crippen molar-refractivity contribution in [3.63, 3.8) is 0 Å². The molecule has 4 aromatic heterocycles. The van der Waals surface area contributed by atoms with Crippen LogP contribution in [0.15, 0.2) is 36.7 Å². The average Bonchev–Trinajstić information content (AvgIpc) is 3.60. The maximum absolute atomic E-state index is 12.8. The summed E-state index contributed by atoms with van der Waals surface area (Å²) in [6.07, 6.45) is 4.88. The molecule has 11 heteroatoms. The van der Waals surface area contributed by atoms with Crippen molar-refractivity contribution in [2.75, 3.05) is 18.4 Å². The predicted molar refractivity (Wildman–Crippen MR) is 164 cm³/mol. The van der Waals surface area contributed by atoms with Gasteiger partial charge in [-0.3, -0.25) is 0 Å². The number of aromatic nitrogens is 5. The van der Waals surface area contributed by atoms with E-state index in [2.05, 4.69) is 19.8 Å². The van der Waals surface area contributed by atoms with Gasteiger partial charge in [-0.25, -0.2) is 14.8 Å². The second-order valence-corrected chi connectivity index (χ2v) is 10.9. The molecule has 1 aliphatic heterocycles. The highest BCUT2D eigenvalue weighted by Gasteiger charge is 2.30. The molecule has 1 unspecified atom stereocenters. The first-order chi connectivity index (χ1) is 19.7. The standard InChI is InChI=1S/C26H28N8O2S.2C2H6/c1-16-10-23(37-32-16)31-22-11-21(18-6-5-9-33(15-18)25(35)36-26(2,3)4)30-24-20(14-29-34(22)24)17-7-8-19(12-27)28-13-17;2*1-2/h7-8,10-11,13-14,18,31H,5-6,9,15H2,1-4H3;2*1-2H3. The summed E-state index contributed by atoms with van der Waals surface area (Å²) in [6.45, 7) is 16.8. The number of aryl methyl sites for hydroxylation is 1. The van der Waals surface area contributed by atoms with Crippen LogP contribution < -0.4 is 5.32 Å². The third-order valence-electron chi connectivity index (χ3n) is 6.05. The lowest BCUT2D eigenvalue weighted by Crippen LogP contribution is -2.42. The van der Waals surface area contributed by atoms with Crippen molar-refractivity contribution in [1.82, 2.24) is 28.9 Å². The molecule has 0 bridgehead atoms. The summed E-state index contributed by atoms with van der Waals surface area (Å²) in [5.41, 5.74) is 3.89. The van der Waals surface area contributed by atoms with Gasteiger partial charge in [0.25, 0.3) is 0 Å². The summed E-state index contributed by atoms with van der Waals surface area (Å²) in [5, 5.41) is 18.1. The number of piperidine rings is 1. The second kappa shape index (κ2) is 14.0. The number of nitriles is 1. The monoisotopic (exact) mass is 576 g/mol. The number of hydrogen-bond donors (Lipinski definition) is 1. The molecule has 1 fully saturated rings. The van der Waals surface area contributed by atoms with Crippen LogP contribution in [0, 0.1) is 18.3 Å². The van der Waals surface area contributed by atoms with Crippen LogP contribution in [0.4, 0.5) is 15.6 Å². The molecule has 4 aromatic rings. The van der Waals surface area contributed by atoms with Gasteiger partial charge in [0.05, 0.1) is 17.6 Å². The van der Waals surface area contributed by atoms with E-state index in [0.29, 0.717) is 24.4 Å². The number of hydrogen-bond acceptors (Lipinski definition) is 9. The molecule has 0 saturated carbocycles. The first-order valence-corrected chi connectivity index (χ1v) is 14.9. The Morgan fingerprint density at radius 2 is 1.93 bits per heavy atom. The number of carbonyl (C=O) groups excluding carboxylic acids is 1. The van der Waals surface area contributed by atoms with E-state index >= 15 is 0 Å². The second-order valence-electron chi connectivity index (χ2n) is 10.1. The van der Waals surface area contributed by atoms with Gasteiger partial charge in [-0.2, -0.15) is 19.2 Å². The number of pyridine rings is 1. The highest BCUT2D eigenvalue weighted by atomic mass is 32.1. The molecule has 1 amide bonds. The van der Waals surface area contributed by atoms with Crippen molar-refractivity contribution in [1.29, 1.82) is 5.26 Å². The van der Waals surface area contributed by atoms with Crippen LogP contribution in [-0.4, -0.2) is 53.6 Å². The third kappa shape index (κ3) is 7.79. The Morgan fingerprint density at radius 1 is 1.17 bits per heavy atom. The van der Waals surface area contributed by atoms with Crippen molar-refractivity contribution in [3.8, 4) is 17.2 Å². The summed E-state index contributed by atoms with van der Waals surface area (Å²) in [4.78, 5) is 23.8. The van der Waals surface area contributed by atoms with E-state index < -0.39 is 5.60 Å². The number of amides is 1. The average molecular weight is 577 g/mol. The summed E-state index contributed by atoms with van der Waals surface area (Å²) < 4.78 is 11.8. The Hall–Kier alpha value is -4.04. The topological polar surface area (TPSA) is 121 Å². The number of carbonyl (C=O) groups is 1. The molecule has 5 heterocycles. The summed E-state index contributed by atoms with van der Waals surface area (Å²) in [6, 6.07) is 9.56. The van der Waals surface area contributed by atoms with Crippen LogP contribution >= 0.6 is 11.5 Å². The maximum atomic E-state index is 12.8. The quantitative estimate of drug-likeness (QED) is 0.268. The Balaban J connectivity index is 0.00000111. The maximum Gasteiger partial charge on any atom is 0.410 e. The first-order valence-electron chi connectivity index (χ1n) is 14.1. The van der Waals surface area contributed by atoms with Gasteiger partial charge in [0.15, 0.2) is 5.65 Å². The fourth-order valence-corrected chi connectivity index (χ4v) is 5.03. The van der Waals surface area contributed by atoms with Crippen LogP contribution in [0.5, 0.6) is 0 Å². The van der Waals surface area contributed by atoms with E-state index in [1.54, 1.807) is 27.9 Å². The van der Waals surface area contributed by atoms with Crippen LogP contribution in [0.25, 0.3) is 16.8 Å². The van der Waals surface area contributed by atoms with E-state index in [-0.39, 0.29) is 12.0 Å². The van der Waals surface area contributed by atoms with E-state index in [0.717, 1.165) is 46.2 Å². The smallest absolute Gasteiger partial charge is 0.410 e. The van der Waals surface area contributed by atoms with E-state index in [9.17, 15) is 4.79 Å². The number of rotatable bonds is 4. The predicted octanol–water partition coefficient (Wildman–Crippen LogP) is 7.34. The van der Waals surface area contributed by atoms with Crippen LogP contribution in [0.2, 0.25) is 0 Å². The molecule has 1 N–H and O–H groups in total. The van der Waals surface area contributed by atoms with Gasteiger partial charge < -0.3 is 15.0 Å². The van der Waals surface area contributed by atoms with Crippen molar-refractivity contribution in [3.05, 3.63) is 53.7 Å². The Labute approximate surface area is 246 Å². The molecule has 218 valence electrons. The van der Waals surface area contributed by atoms with Gasteiger partial charge >= 0.3 is 6.09 Å². The molecule has 10 nitrogen and oxygen atoms in total. The normalized spacial score (nSPS) is 14.7. The Morgan fingerprint density at radius 3 is 2.54 bits per heavy atom. The minimum atomic E-state index is -0.549. The molecule has 1 saturated heterocycles. The van der Waals surface area contributed by atoms with Gasteiger partial charge in [-0.05, 0) is 70.3 Å².